The number of rotatable bonds is 7. The molecule has 1 amide bonds. The number of aryl methyl sites for hydroxylation is 1. The quantitative estimate of drug-likeness (QED) is 0.289. The molecule has 180 valence electrons. The molecule has 3 aromatic carbocycles. The molecule has 7 heteroatoms. The Balaban J connectivity index is 0.000000258. The van der Waals surface area contributed by atoms with Gasteiger partial charge in [-0.2, -0.15) is 0 Å². The molecule has 0 saturated carbocycles. The zero-order valence-corrected chi connectivity index (χ0v) is 20.5. The highest BCUT2D eigenvalue weighted by molar-refractivity contribution is 7.98. The zero-order valence-electron chi connectivity index (χ0n) is 19.7. The van der Waals surface area contributed by atoms with Crippen molar-refractivity contribution in [2.24, 2.45) is 0 Å². The fraction of sp³-hybridized carbons (Fsp3) is 0.107. The zero-order chi connectivity index (χ0) is 25.8. The molecule has 0 radical (unpaired) electrons. The Bertz CT molecular complexity index is 1230. The van der Waals surface area contributed by atoms with E-state index in [4.69, 9.17) is 10.2 Å². The van der Waals surface area contributed by atoms with E-state index < -0.39 is 17.8 Å². The Labute approximate surface area is 209 Å². The van der Waals surface area contributed by atoms with Crippen LogP contribution in [0.15, 0.2) is 95.5 Å². The standard InChI is InChI=1S/C16H13NO3.C12H14O2S/c18-15(13-9-5-2-6-10-13)17-14(16(19)20)11-12-7-3-1-4-8-12;1-8-4-5-11(15-3)10(6-8)9(2)7-12(13)14/h1-11H,(H,17,18)(H,19,20);4-7H,1-3H3,(H,13,14)/b14-11+;9-7+. The molecule has 3 N–H and O–H groups in total. The van der Waals surface area contributed by atoms with E-state index in [0.717, 1.165) is 21.6 Å². The van der Waals surface area contributed by atoms with Gasteiger partial charge in [-0.15, -0.1) is 11.8 Å². The molecule has 0 spiro atoms. The highest BCUT2D eigenvalue weighted by atomic mass is 32.2. The first kappa shape index (κ1) is 27.1. The maximum Gasteiger partial charge on any atom is 0.352 e. The summed E-state index contributed by atoms with van der Waals surface area (Å²) >= 11 is 1.63. The minimum absolute atomic E-state index is 0.162. The number of thioether (sulfide) groups is 1. The lowest BCUT2D eigenvalue weighted by molar-refractivity contribution is -0.133. The summed E-state index contributed by atoms with van der Waals surface area (Å²) in [4.78, 5) is 34.8. The van der Waals surface area contributed by atoms with E-state index in [1.807, 2.05) is 44.4 Å². The van der Waals surface area contributed by atoms with Crippen LogP contribution in [0.2, 0.25) is 0 Å². The first-order valence-electron chi connectivity index (χ1n) is 10.6. The molecular formula is C28H27NO5S. The molecule has 0 atom stereocenters. The highest BCUT2D eigenvalue weighted by Crippen LogP contribution is 2.27. The minimum atomic E-state index is -1.18. The van der Waals surface area contributed by atoms with Crippen molar-refractivity contribution in [1.29, 1.82) is 0 Å². The summed E-state index contributed by atoms with van der Waals surface area (Å²) in [7, 11) is 0. The summed E-state index contributed by atoms with van der Waals surface area (Å²) in [6, 6.07) is 23.5. The summed E-state index contributed by atoms with van der Waals surface area (Å²) in [5.74, 6) is -2.53. The summed E-state index contributed by atoms with van der Waals surface area (Å²) < 4.78 is 0. The maximum absolute atomic E-state index is 11.9. The van der Waals surface area contributed by atoms with Crippen molar-refractivity contribution in [2.75, 3.05) is 6.26 Å². The number of hydrogen-bond acceptors (Lipinski definition) is 4. The molecule has 0 aromatic heterocycles. The van der Waals surface area contributed by atoms with Crippen molar-refractivity contribution in [2.45, 2.75) is 18.7 Å². The average molecular weight is 490 g/mol. The number of carbonyl (C=O) groups is 3. The summed E-state index contributed by atoms with van der Waals surface area (Å²) in [5.41, 5.74) is 3.89. The average Bonchev–Trinajstić information content (AvgIpc) is 2.84. The predicted octanol–water partition coefficient (Wildman–Crippen LogP) is 5.75. The van der Waals surface area contributed by atoms with Crippen LogP contribution in [-0.2, 0) is 9.59 Å². The molecule has 0 bridgehead atoms. The van der Waals surface area contributed by atoms with Crippen LogP contribution < -0.4 is 5.32 Å². The highest BCUT2D eigenvalue weighted by Gasteiger charge is 2.13. The number of nitrogens with one attached hydrogen (secondary N) is 1. The van der Waals surface area contributed by atoms with Gasteiger partial charge in [0.15, 0.2) is 0 Å². The number of allylic oxidation sites excluding steroid dienone is 1. The second-order valence-electron chi connectivity index (χ2n) is 7.46. The molecule has 0 aliphatic heterocycles. The fourth-order valence-electron chi connectivity index (χ4n) is 3.04. The van der Waals surface area contributed by atoms with E-state index in [2.05, 4.69) is 5.32 Å². The van der Waals surface area contributed by atoms with E-state index in [9.17, 15) is 14.4 Å². The van der Waals surface area contributed by atoms with Crippen molar-refractivity contribution in [3.8, 4) is 0 Å². The molecule has 0 heterocycles. The predicted molar refractivity (Wildman–Crippen MR) is 140 cm³/mol. The molecule has 0 fully saturated rings. The van der Waals surface area contributed by atoms with Gasteiger partial charge < -0.3 is 15.5 Å². The molecule has 0 aliphatic carbocycles. The van der Waals surface area contributed by atoms with E-state index in [1.165, 1.54) is 12.2 Å². The Morgan fingerprint density at radius 3 is 2.03 bits per heavy atom. The van der Waals surface area contributed by atoms with E-state index in [1.54, 1.807) is 66.4 Å². The normalized spacial score (nSPS) is 11.2. The number of hydrogen-bond donors (Lipinski definition) is 3. The number of aliphatic carboxylic acids is 2. The van der Waals surface area contributed by atoms with Gasteiger partial charge in [0, 0.05) is 16.5 Å². The van der Waals surface area contributed by atoms with Gasteiger partial charge in [-0.3, -0.25) is 4.79 Å². The van der Waals surface area contributed by atoms with Gasteiger partial charge >= 0.3 is 11.9 Å². The van der Waals surface area contributed by atoms with Gasteiger partial charge in [0.1, 0.15) is 5.70 Å². The third kappa shape index (κ3) is 8.98. The molecule has 0 aliphatic rings. The molecule has 3 rings (SSSR count). The van der Waals surface area contributed by atoms with Crippen molar-refractivity contribution < 1.29 is 24.6 Å². The van der Waals surface area contributed by atoms with Crippen LogP contribution in [-0.4, -0.2) is 34.3 Å². The van der Waals surface area contributed by atoms with Crippen LogP contribution in [0.3, 0.4) is 0 Å². The van der Waals surface area contributed by atoms with Crippen molar-refractivity contribution in [3.63, 3.8) is 0 Å². The van der Waals surface area contributed by atoms with Crippen LogP contribution >= 0.6 is 11.8 Å². The van der Waals surface area contributed by atoms with E-state index in [0.29, 0.717) is 11.1 Å². The minimum Gasteiger partial charge on any atom is -0.478 e. The first-order valence-corrected chi connectivity index (χ1v) is 11.9. The van der Waals surface area contributed by atoms with Crippen LogP contribution in [0, 0.1) is 6.92 Å². The van der Waals surface area contributed by atoms with Crippen LogP contribution in [0.5, 0.6) is 0 Å². The first-order chi connectivity index (χ1) is 16.7. The maximum atomic E-state index is 11.9. The van der Waals surface area contributed by atoms with E-state index >= 15 is 0 Å². The number of carboxylic acids is 2. The van der Waals surface area contributed by atoms with Gasteiger partial charge in [0.25, 0.3) is 5.91 Å². The van der Waals surface area contributed by atoms with Gasteiger partial charge in [-0.05, 0) is 61.1 Å². The number of benzene rings is 3. The van der Waals surface area contributed by atoms with Gasteiger partial charge in [0.2, 0.25) is 0 Å². The van der Waals surface area contributed by atoms with Crippen LogP contribution in [0.25, 0.3) is 11.6 Å². The van der Waals surface area contributed by atoms with Crippen LogP contribution in [0.4, 0.5) is 0 Å². The Hall–Kier alpha value is -4.10. The third-order valence-corrected chi connectivity index (χ3v) is 5.54. The van der Waals surface area contributed by atoms with Gasteiger partial charge in [-0.25, -0.2) is 9.59 Å². The Morgan fingerprint density at radius 2 is 1.49 bits per heavy atom. The summed E-state index contributed by atoms with van der Waals surface area (Å²) in [6.45, 7) is 3.82. The lowest BCUT2D eigenvalue weighted by Crippen LogP contribution is -2.27. The number of carbonyl (C=O) groups excluding carboxylic acids is 1. The second-order valence-corrected chi connectivity index (χ2v) is 8.31. The number of carboxylic acid groups (broad SMARTS) is 2. The lowest BCUT2D eigenvalue weighted by Gasteiger charge is -2.08. The fourth-order valence-corrected chi connectivity index (χ4v) is 3.69. The van der Waals surface area contributed by atoms with E-state index in [-0.39, 0.29) is 5.70 Å². The lowest BCUT2D eigenvalue weighted by atomic mass is 10.0. The molecule has 0 unspecified atom stereocenters. The largest absolute Gasteiger partial charge is 0.478 e. The molecule has 35 heavy (non-hydrogen) atoms. The Kier molecular flexibility index (Phi) is 10.5. The van der Waals surface area contributed by atoms with Crippen LogP contribution in [0.1, 0.15) is 34.0 Å². The summed E-state index contributed by atoms with van der Waals surface area (Å²) in [6.07, 6.45) is 4.65. The molecular weight excluding hydrogens is 462 g/mol. The smallest absolute Gasteiger partial charge is 0.352 e. The van der Waals surface area contributed by atoms with Gasteiger partial charge in [-0.1, -0.05) is 66.2 Å². The Morgan fingerprint density at radius 1 is 0.886 bits per heavy atom. The molecule has 6 nitrogen and oxygen atoms in total. The topological polar surface area (TPSA) is 104 Å². The molecule has 3 aromatic rings. The van der Waals surface area contributed by atoms with Gasteiger partial charge in [0.05, 0.1) is 0 Å². The van der Waals surface area contributed by atoms with Crippen molar-refractivity contribution >= 4 is 41.3 Å². The third-order valence-electron chi connectivity index (χ3n) is 4.74. The SMILES string of the molecule is CSc1ccc(C)cc1/C(C)=C/C(=O)O.O=C(O)/C(=C\c1ccccc1)NC(=O)c1ccccc1. The summed E-state index contributed by atoms with van der Waals surface area (Å²) in [5, 5.41) is 20.2. The number of amides is 1. The molecule has 0 saturated heterocycles. The van der Waals surface area contributed by atoms with Crippen molar-refractivity contribution in [3.05, 3.63) is 113 Å². The monoisotopic (exact) mass is 489 g/mol. The second kappa shape index (κ2) is 13.6. The van der Waals surface area contributed by atoms with Crippen molar-refractivity contribution in [1.82, 2.24) is 5.32 Å².